The highest BCUT2D eigenvalue weighted by Crippen LogP contribution is 2.35. The van der Waals surface area contributed by atoms with Gasteiger partial charge in [-0.15, -0.1) is 11.3 Å². The van der Waals surface area contributed by atoms with Crippen LogP contribution in [0.5, 0.6) is 0 Å². The fourth-order valence-electron chi connectivity index (χ4n) is 2.70. The Morgan fingerprint density at radius 2 is 1.78 bits per heavy atom. The lowest BCUT2D eigenvalue weighted by atomic mass is 10.1. The molecule has 5 heteroatoms. The van der Waals surface area contributed by atoms with Gasteiger partial charge in [0, 0.05) is 11.6 Å². The third kappa shape index (κ3) is 3.93. The summed E-state index contributed by atoms with van der Waals surface area (Å²) in [6.45, 7) is 0. The van der Waals surface area contributed by atoms with Crippen LogP contribution in [0, 0.1) is 5.82 Å². The summed E-state index contributed by atoms with van der Waals surface area (Å²) >= 11 is 1.46. The smallest absolute Gasteiger partial charge is 0.248 e. The van der Waals surface area contributed by atoms with Gasteiger partial charge in [-0.1, -0.05) is 42.5 Å². The minimum absolute atomic E-state index is 0.284. The first kappa shape index (κ1) is 17.1. The third-order valence-corrected chi connectivity index (χ3v) is 5.06. The SMILES string of the molecule is O=C(/C=C/c1ccccc1)Nc1ccc(F)cc1-c1nc2ccccc2s1. The first-order valence-electron chi connectivity index (χ1n) is 8.39. The van der Waals surface area contributed by atoms with Crippen LogP contribution < -0.4 is 5.32 Å². The molecule has 1 aromatic heterocycles. The van der Waals surface area contributed by atoms with E-state index in [1.807, 2.05) is 54.6 Å². The van der Waals surface area contributed by atoms with Gasteiger partial charge in [-0.3, -0.25) is 4.79 Å². The normalized spacial score (nSPS) is 11.1. The van der Waals surface area contributed by atoms with Crippen LogP contribution in [0.3, 0.4) is 0 Å². The molecule has 1 N–H and O–H groups in total. The highest BCUT2D eigenvalue weighted by molar-refractivity contribution is 7.21. The van der Waals surface area contributed by atoms with Crippen molar-refractivity contribution in [1.82, 2.24) is 4.98 Å². The van der Waals surface area contributed by atoms with Crippen LogP contribution in [0.2, 0.25) is 0 Å². The summed E-state index contributed by atoms with van der Waals surface area (Å²) in [4.78, 5) is 16.9. The van der Waals surface area contributed by atoms with E-state index in [1.54, 1.807) is 12.1 Å². The van der Waals surface area contributed by atoms with E-state index in [1.165, 1.54) is 29.5 Å². The lowest BCUT2D eigenvalue weighted by molar-refractivity contribution is -0.111. The fraction of sp³-hybridized carbons (Fsp3) is 0. The number of carbonyl (C=O) groups excluding carboxylic acids is 1. The molecule has 0 atom stereocenters. The molecule has 0 aliphatic carbocycles. The molecule has 0 unspecified atom stereocenters. The van der Waals surface area contributed by atoms with Crippen molar-refractivity contribution >= 4 is 39.2 Å². The highest BCUT2D eigenvalue weighted by atomic mass is 32.1. The Labute approximate surface area is 159 Å². The van der Waals surface area contributed by atoms with Crippen LogP contribution in [0.4, 0.5) is 10.1 Å². The van der Waals surface area contributed by atoms with Gasteiger partial charge in [0.2, 0.25) is 5.91 Å². The van der Waals surface area contributed by atoms with E-state index >= 15 is 0 Å². The van der Waals surface area contributed by atoms with Crippen LogP contribution in [0.15, 0.2) is 78.9 Å². The molecule has 0 radical (unpaired) electrons. The average Bonchev–Trinajstić information content (AvgIpc) is 3.12. The number of anilines is 1. The van der Waals surface area contributed by atoms with Gasteiger partial charge in [0.1, 0.15) is 10.8 Å². The van der Waals surface area contributed by atoms with Crippen molar-refractivity contribution in [1.29, 1.82) is 0 Å². The number of thiazole rings is 1. The Morgan fingerprint density at radius 1 is 1.00 bits per heavy atom. The Kier molecular flexibility index (Phi) is 4.77. The standard InChI is InChI=1S/C22H15FN2OS/c23-16-11-12-18(24-21(26)13-10-15-6-2-1-3-7-15)17(14-16)22-25-19-8-4-5-9-20(19)27-22/h1-14H,(H,24,26)/b13-10+. The van der Waals surface area contributed by atoms with Gasteiger partial charge in [-0.2, -0.15) is 0 Å². The summed E-state index contributed by atoms with van der Waals surface area (Å²) in [5, 5.41) is 3.49. The second-order valence-electron chi connectivity index (χ2n) is 5.91. The number of halogens is 1. The molecule has 0 aliphatic heterocycles. The minimum Gasteiger partial charge on any atom is -0.322 e. The third-order valence-electron chi connectivity index (χ3n) is 3.99. The monoisotopic (exact) mass is 374 g/mol. The maximum atomic E-state index is 13.8. The largest absolute Gasteiger partial charge is 0.322 e. The number of rotatable bonds is 4. The lowest BCUT2D eigenvalue weighted by Gasteiger charge is -2.08. The molecule has 0 saturated heterocycles. The molecule has 0 bridgehead atoms. The van der Waals surface area contributed by atoms with Crippen LogP contribution in [-0.4, -0.2) is 10.9 Å². The van der Waals surface area contributed by atoms with E-state index < -0.39 is 0 Å². The maximum absolute atomic E-state index is 13.8. The number of para-hydroxylation sites is 1. The van der Waals surface area contributed by atoms with Crippen molar-refractivity contribution in [3.63, 3.8) is 0 Å². The van der Waals surface area contributed by atoms with Crippen molar-refractivity contribution in [2.45, 2.75) is 0 Å². The Morgan fingerprint density at radius 3 is 2.59 bits per heavy atom. The number of carbonyl (C=O) groups is 1. The zero-order chi connectivity index (χ0) is 18.6. The van der Waals surface area contributed by atoms with E-state index in [4.69, 9.17) is 0 Å². The van der Waals surface area contributed by atoms with E-state index in [-0.39, 0.29) is 11.7 Å². The number of aromatic nitrogens is 1. The molecular formula is C22H15FN2OS. The average molecular weight is 374 g/mol. The number of fused-ring (bicyclic) bond motifs is 1. The number of hydrogen-bond donors (Lipinski definition) is 1. The number of amides is 1. The summed E-state index contributed by atoms with van der Waals surface area (Å²) in [6, 6.07) is 21.6. The van der Waals surface area contributed by atoms with Gasteiger partial charge in [-0.25, -0.2) is 9.37 Å². The Hall–Kier alpha value is -3.31. The number of benzene rings is 3. The van der Waals surface area contributed by atoms with E-state index in [9.17, 15) is 9.18 Å². The quantitative estimate of drug-likeness (QED) is 0.462. The van der Waals surface area contributed by atoms with Crippen LogP contribution >= 0.6 is 11.3 Å². The molecule has 132 valence electrons. The molecule has 0 aliphatic rings. The van der Waals surface area contributed by atoms with E-state index in [0.717, 1.165) is 15.8 Å². The first-order valence-corrected chi connectivity index (χ1v) is 9.20. The number of hydrogen-bond acceptors (Lipinski definition) is 3. The second kappa shape index (κ2) is 7.51. The zero-order valence-corrected chi connectivity index (χ0v) is 15.0. The van der Waals surface area contributed by atoms with Gasteiger partial charge in [0.05, 0.1) is 15.9 Å². The minimum atomic E-state index is -0.373. The molecule has 4 aromatic rings. The van der Waals surface area contributed by atoms with Gasteiger partial charge >= 0.3 is 0 Å². The molecule has 1 heterocycles. The van der Waals surface area contributed by atoms with Crippen molar-refractivity contribution in [3.8, 4) is 10.6 Å². The summed E-state index contributed by atoms with van der Waals surface area (Å²) in [5.74, 6) is -0.657. The molecule has 1 amide bonds. The molecule has 0 saturated carbocycles. The van der Waals surface area contributed by atoms with Crippen molar-refractivity contribution in [2.24, 2.45) is 0 Å². The number of nitrogens with zero attached hydrogens (tertiary/aromatic N) is 1. The van der Waals surface area contributed by atoms with Crippen molar-refractivity contribution < 1.29 is 9.18 Å². The topological polar surface area (TPSA) is 42.0 Å². The Bertz CT molecular complexity index is 1100. The van der Waals surface area contributed by atoms with Gasteiger partial charge in [-0.05, 0) is 42.0 Å². The molecule has 0 fully saturated rings. The maximum Gasteiger partial charge on any atom is 0.248 e. The van der Waals surface area contributed by atoms with Gasteiger partial charge in [0.15, 0.2) is 0 Å². The predicted molar refractivity (Wildman–Crippen MR) is 109 cm³/mol. The summed E-state index contributed by atoms with van der Waals surface area (Å²) in [5.41, 5.74) is 2.87. The fourth-order valence-corrected chi connectivity index (χ4v) is 3.70. The molecule has 0 spiro atoms. The molecule has 27 heavy (non-hydrogen) atoms. The van der Waals surface area contributed by atoms with Gasteiger partial charge < -0.3 is 5.32 Å². The highest BCUT2D eigenvalue weighted by Gasteiger charge is 2.13. The summed E-state index contributed by atoms with van der Waals surface area (Å²) < 4.78 is 14.9. The van der Waals surface area contributed by atoms with Crippen LogP contribution in [0.25, 0.3) is 26.9 Å². The lowest BCUT2D eigenvalue weighted by Crippen LogP contribution is -2.09. The van der Waals surface area contributed by atoms with Crippen molar-refractivity contribution in [2.75, 3.05) is 5.32 Å². The zero-order valence-electron chi connectivity index (χ0n) is 14.2. The Balaban J connectivity index is 1.63. The van der Waals surface area contributed by atoms with Crippen molar-refractivity contribution in [3.05, 3.63) is 90.3 Å². The second-order valence-corrected chi connectivity index (χ2v) is 6.94. The molecule has 4 rings (SSSR count). The van der Waals surface area contributed by atoms with E-state index in [2.05, 4.69) is 10.3 Å². The summed E-state index contributed by atoms with van der Waals surface area (Å²) in [6.07, 6.45) is 3.19. The predicted octanol–water partition coefficient (Wildman–Crippen LogP) is 5.75. The first-order chi connectivity index (χ1) is 13.2. The number of nitrogens with one attached hydrogen (secondary N) is 1. The van der Waals surface area contributed by atoms with Crippen LogP contribution in [0.1, 0.15) is 5.56 Å². The molecular weight excluding hydrogens is 359 g/mol. The van der Waals surface area contributed by atoms with E-state index in [0.29, 0.717) is 16.3 Å². The summed E-state index contributed by atoms with van der Waals surface area (Å²) in [7, 11) is 0. The molecule has 3 aromatic carbocycles. The molecule has 3 nitrogen and oxygen atoms in total. The van der Waals surface area contributed by atoms with Gasteiger partial charge in [0.25, 0.3) is 0 Å². The van der Waals surface area contributed by atoms with Crippen LogP contribution in [-0.2, 0) is 4.79 Å².